The van der Waals surface area contributed by atoms with Crippen molar-refractivity contribution in [3.05, 3.63) is 78.9 Å². The third kappa shape index (κ3) is 4.01. The lowest BCUT2D eigenvalue weighted by Gasteiger charge is -2.07. The van der Waals surface area contributed by atoms with Gasteiger partial charge in [-0.15, -0.1) is 0 Å². The van der Waals surface area contributed by atoms with E-state index in [0.717, 1.165) is 11.1 Å². The van der Waals surface area contributed by atoms with E-state index >= 15 is 0 Å². The van der Waals surface area contributed by atoms with Crippen molar-refractivity contribution in [2.45, 2.75) is 0 Å². The summed E-state index contributed by atoms with van der Waals surface area (Å²) in [5.74, 6) is 0.322. The molecule has 3 nitrogen and oxygen atoms in total. The molecule has 0 aliphatic heterocycles. The summed E-state index contributed by atoms with van der Waals surface area (Å²) >= 11 is 0. The predicted octanol–water partition coefficient (Wildman–Crippen LogP) is 3.91. The maximum atomic E-state index is 8.63. The van der Waals surface area contributed by atoms with Crippen LogP contribution >= 0.6 is 0 Å². The molecule has 0 heterocycles. The van der Waals surface area contributed by atoms with Crippen LogP contribution in [0.1, 0.15) is 0 Å². The van der Waals surface area contributed by atoms with Crippen molar-refractivity contribution in [3.8, 4) is 16.9 Å². The lowest BCUT2D eigenvalue weighted by atomic mass is 10.0. The molecule has 0 unspecified atom stereocenters. The maximum absolute atomic E-state index is 8.63. The highest BCUT2D eigenvalue weighted by molar-refractivity contribution is 5.84. The van der Waals surface area contributed by atoms with Gasteiger partial charge in [0.25, 0.3) is 0 Å². The Hall–Kier alpha value is -2.94. The lowest BCUT2D eigenvalue weighted by molar-refractivity contribution is 0.475. The number of para-hydroxylation sites is 2. The van der Waals surface area contributed by atoms with Gasteiger partial charge in [0.1, 0.15) is 5.75 Å². The summed E-state index contributed by atoms with van der Waals surface area (Å²) in [6.45, 7) is 0. The summed E-state index contributed by atoms with van der Waals surface area (Å²) in [5, 5.41) is 8.63. The van der Waals surface area contributed by atoms with Gasteiger partial charge in [0.15, 0.2) is 0 Å². The van der Waals surface area contributed by atoms with E-state index in [4.69, 9.17) is 16.6 Å². The van der Waals surface area contributed by atoms with Crippen LogP contribution in [0.15, 0.2) is 78.9 Å². The molecule has 3 rings (SSSR count). The van der Waals surface area contributed by atoms with Crippen LogP contribution in [0.25, 0.3) is 11.1 Å². The molecular formula is C18H18N2O. The zero-order chi connectivity index (χ0) is 15.1. The molecule has 0 aliphatic rings. The average Bonchev–Trinajstić information content (AvgIpc) is 2.52. The Morgan fingerprint density at radius 2 is 1.19 bits per heavy atom. The second-order valence-electron chi connectivity index (χ2n) is 4.51. The van der Waals surface area contributed by atoms with Crippen molar-refractivity contribution in [2.24, 2.45) is 0 Å². The fourth-order valence-electron chi connectivity index (χ4n) is 1.88. The van der Waals surface area contributed by atoms with E-state index in [2.05, 4.69) is 0 Å². The molecule has 0 aromatic heterocycles. The van der Waals surface area contributed by atoms with Gasteiger partial charge in [-0.25, -0.2) is 0 Å². The van der Waals surface area contributed by atoms with Crippen molar-refractivity contribution in [1.82, 2.24) is 0 Å². The summed E-state index contributed by atoms with van der Waals surface area (Å²) in [6, 6.07) is 24.4. The third-order valence-corrected chi connectivity index (χ3v) is 2.98. The van der Waals surface area contributed by atoms with Crippen LogP contribution in [0, 0.1) is 0 Å². The van der Waals surface area contributed by atoms with Crippen molar-refractivity contribution >= 4 is 11.4 Å². The Kier molecular flexibility index (Phi) is 4.83. The summed E-state index contributed by atoms with van der Waals surface area (Å²) in [6.07, 6.45) is 0. The minimum absolute atomic E-state index is 0.322. The minimum Gasteiger partial charge on any atom is -0.508 e. The molecule has 0 amide bonds. The number of aromatic hydroxyl groups is 1. The van der Waals surface area contributed by atoms with Gasteiger partial charge in [-0.2, -0.15) is 0 Å². The van der Waals surface area contributed by atoms with Crippen molar-refractivity contribution in [3.63, 3.8) is 0 Å². The number of nitrogen functional groups attached to an aromatic ring is 2. The first kappa shape index (κ1) is 14.5. The second kappa shape index (κ2) is 7.01. The predicted molar refractivity (Wildman–Crippen MR) is 88.8 cm³/mol. The van der Waals surface area contributed by atoms with E-state index < -0.39 is 0 Å². The number of hydrogen-bond donors (Lipinski definition) is 3. The number of benzene rings is 3. The molecule has 106 valence electrons. The van der Waals surface area contributed by atoms with Gasteiger partial charge in [-0.3, -0.25) is 0 Å². The second-order valence-corrected chi connectivity index (χ2v) is 4.51. The topological polar surface area (TPSA) is 72.3 Å². The van der Waals surface area contributed by atoms with Crippen LogP contribution in [0.5, 0.6) is 5.75 Å². The zero-order valence-corrected chi connectivity index (χ0v) is 11.6. The number of hydrogen-bond acceptors (Lipinski definition) is 3. The van der Waals surface area contributed by atoms with Crippen LogP contribution < -0.4 is 11.5 Å². The Morgan fingerprint density at radius 1 is 0.619 bits per heavy atom. The molecule has 0 bridgehead atoms. The molecule has 0 aliphatic carbocycles. The van der Waals surface area contributed by atoms with Crippen molar-refractivity contribution in [2.75, 3.05) is 11.5 Å². The summed E-state index contributed by atoms with van der Waals surface area (Å²) < 4.78 is 0. The molecular weight excluding hydrogens is 260 g/mol. The summed E-state index contributed by atoms with van der Waals surface area (Å²) in [4.78, 5) is 0. The average molecular weight is 278 g/mol. The largest absolute Gasteiger partial charge is 0.508 e. The van der Waals surface area contributed by atoms with Gasteiger partial charge in [0.2, 0.25) is 0 Å². The van der Waals surface area contributed by atoms with E-state index in [9.17, 15) is 0 Å². The normalized spacial score (nSPS) is 9.52. The first-order valence-corrected chi connectivity index (χ1v) is 6.62. The van der Waals surface area contributed by atoms with Crippen LogP contribution in [-0.4, -0.2) is 5.11 Å². The Bertz CT molecular complexity index is 682. The number of phenols is 1. The van der Waals surface area contributed by atoms with Gasteiger partial charge in [-0.05, 0) is 23.8 Å². The zero-order valence-electron chi connectivity index (χ0n) is 11.6. The SMILES string of the molecule is Nc1cccc(-c2ccccc2)c1N.Oc1ccccc1. The summed E-state index contributed by atoms with van der Waals surface area (Å²) in [7, 11) is 0. The Labute approximate surface area is 124 Å². The fourth-order valence-corrected chi connectivity index (χ4v) is 1.88. The third-order valence-electron chi connectivity index (χ3n) is 2.98. The van der Waals surface area contributed by atoms with Crippen LogP contribution in [0.3, 0.4) is 0 Å². The number of rotatable bonds is 1. The van der Waals surface area contributed by atoms with Crippen molar-refractivity contribution < 1.29 is 5.11 Å². The first-order chi connectivity index (χ1) is 10.2. The minimum atomic E-state index is 0.322. The molecule has 0 spiro atoms. The van der Waals surface area contributed by atoms with E-state index in [1.54, 1.807) is 24.3 Å². The molecule has 0 fully saturated rings. The molecule has 3 heteroatoms. The lowest BCUT2D eigenvalue weighted by Crippen LogP contribution is -1.96. The maximum Gasteiger partial charge on any atom is 0.115 e. The van der Waals surface area contributed by atoms with Gasteiger partial charge in [-0.1, -0.05) is 60.7 Å². The Morgan fingerprint density at radius 3 is 1.71 bits per heavy atom. The highest BCUT2D eigenvalue weighted by atomic mass is 16.3. The summed E-state index contributed by atoms with van der Waals surface area (Å²) in [5.41, 5.74) is 15.0. The molecule has 5 N–H and O–H groups in total. The first-order valence-electron chi connectivity index (χ1n) is 6.62. The van der Waals surface area contributed by atoms with Gasteiger partial charge in [0.05, 0.1) is 11.4 Å². The molecule has 0 saturated carbocycles. The smallest absolute Gasteiger partial charge is 0.115 e. The van der Waals surface area contributed by atoms with Crippen LogP contribution in [0.4, 0.5) is 11.4 Å². The molecule has 3 aromatic carbocycles. The van der Waals surface area contributed by atoms with E-state index in [1.807, 2.05) is 54.6 Å². The molecule has 3 aromatic rings. The fraction of sp³-hybridized carbons (Fsp3) is 0. The Balaban J connectivity index is 0.000000194. The highest BCUT2D eigenvalue weighted by Gasteiger charge is 2.03. The van der Waals surface area contributed by atoms with Gasteiger partial charge >= 0.3 is 0 Å². The van der Waals surface area contributed by atoms with Crippen molar-refractivity contribution in [1.29, 1.82) is 0 Å². The van der Waals surface area contributed by atoms with E-state index in [-0.39, 0.29) is 0 Å². The standard InChI is InChI=1S/C12H12N2.C6H6O/c13-11-8-4-7-10(12(11)14)9-5-2-1-3-6-9;7-6-4-2-1-3-5-6/h1-8H,13-14H2;1-5,7H. The molecule has 21 heavy (non-hydrogen) atoms. The number of phenolic OH excluding ortho intramolecular Hbond substituents is 1. The van der Waals surface area contributed by atoms with E-state index in [1.165, 1.54) is 0 Å². The highest BCUT2D eigenvalue weighted by Crippen LogP contribution is 2.29. The van der Waals surface area contributed by atoms with E-state index in [0.29, 0.717) is 17.1 Å². The molecule has 0 saturated heterocycles. The van der Waals surface area contributed by atoms with Crippen LogP contribution in [0.2, 0.25) is 0 Å². The monoisotopic (exact) mass is 278 g/mol. The quantitative estimate of drug-likeness (QED) is 0.591. The van der Waals surface area contributed by atoms with Gasteiger partial charge < -0.3 is 16.6 Å². The number of nitrogens with two attached hydrogens (primary N) is 2. The molecule has 0 atom stereocenters. The van der Waals surface area contributed by atoms with Crippen LogP contribution in [-0.2, 0) is 0 Å². The number of anilines is 2. The molecule has 0 radical (unpaired) electrons. The van der Waals surface area contributed by atoms with Gasteiger partial charge in [0, 0.05) is 5.56 Å².